The van der Waals surface area contributed by atoms with Crippen LogP contribution in [-0.2, 0) is 11.3 Å². The van der Waals surface area contributed by atoms with Crippen molar-refractivity contribution in [3.8, 4) is 0 Å². The third kappa shape index (κ3) is 3.87. The van der Waals surface area contributed by atoms with Crippen molar-refractivity contribution >= 4 is 17.4 Å². The van der Waals surface area contributed by atoms with Crippen molar-refractivity contribution < 1.29 is 4.79 Å². The minimum atomic E-state index is -0.646. The molecule has 0 radical (unpaired) electrons. The summed E-state index contributed by atoms with van der Waals surface area (Å²) in [5.41, 5.74) is 5.65. The van der Waals surface area contributed by atoms with E-state index in [-0.39, 0.29) is 24.0 Å². The summed E-state index contributed by atoms with van der Waals surface area (Å²) in [5, 5.41) is 0. The van der Waals surface area contributed by atoms with Crippen LogP contribution >= 0.6 is 0 Å². The molecule has 0 aliphatic rings. The molecule has 7 heteroatoms. The van der Waals surface area contributed by atoms with Crippen LogP contribution in [0.15, 0.2) is 21.2 Å². The Morgan fingerprint density at radius 3 is 2.45 bits per heavy atom. The fourth-order valence-electron chi connectivity index (χ4n) is 2.13. The van der Waals surface area contributed by atoms with Crippen molar-refractivity contribution in [2.45, 2.75) is 47.1 Å². The Bertz CT molecular complexity index is 681. The second-order valence-corrected chi connectivity index (χ2v) is 5.30. The Balaban J connectivity index is 3.44. The summed E-state index contributed by atoms with van der Waals surface area (Å²) < 4.78 is 1.30. The number of aromatic nitrogens is 2. The minimum absolute atomic E-state index is 0.0274. The van der Waals surface area contributed by atoms with Crippen LogP contribution in [0.3, 0.4) is 0 Å². The predicted molar refractivity (Wildman–Crippen MR) is 88.1 cm³/mol. The Kier molecular flexibility index (Phi) is 6.15. The standard InChI is InChI=1S/C15H24N4O3/c1-5-7-8-19-13(16)12(14(21)17-15(19)22)18(6-2)11(20)9-10(3)4/h9H,5-8,16H2,1-4H3,(H,17,21,22). The Labute approximate surface area is 129 Å². The molecule has 22 heavy (non-hydrogen) atoms. The summed E-state index contributed by atoms with van der Waals surface area (Å²) in [6.45, 7) is 8.01. The van der Waals surface area contributed by atoms with Crippen LogP contribution < -0.4 is 21.9 Å². The average Bonchev–Trinajstić information content (AvgIpc) is 2.42. The SMILES string of the molecule is CCCCn1c(N)c(N(CC)C(=O)C=C(C)C)c(=O)[nH]c1=O. The van der Waals surface area contributed by atoms with Crippen molar-refractivity contribution in [3.05, 3.63) is 32.5 Å². The normalized spacial score (nSPS) is 10.4. The van der Waals surface area contributed by atoms with Gasteiger partial charge in [0.1, 0.15) is 5.82 Å². The number of rotatable bonds is 6. The van der Waals surface area contributed by atoms with Crippen molar-refractivity contribution in [1.82, 2.24) is 9.55 Å². The number of carbonyl (C=O) groups excluding carboxylic acids is 1. The predicted octanol–water partition coefficient (Wildman–Crippen LogP) is 1.24. The smallest absolute Gasteiger partial charge is 0.330 e. The molecule has 7 nitrogen and oxygen atoms in total. The summed E-state index contributed by atoms with van der Waals surface area (Å²) in [6, 6.07) is 0. The second-order valence-electron chi connectivity index (χ2n) is 5.30. The number of hydrogen-bond donors (Lipinski definition) is 2. The van der Waals surface area contributed by atoms with E-state index >= 15 is 0 Å². The summed E-state index contributed by atoms with van der Waals surface area (Å²) >= 11 is 0. The molecule has 0 bridgehead atoms. The molecule has 1 rings (SSSR count). The van der Waals surface area contributed by atoms with Gasteiger partial charge >= 0.3 is 5.69 Å². The molecule has 122 valence electrons. The topological polar surface area (TPSA) is 101 Å². The maximum absolute atomic E-state index is 12.3. The summed E-state index contributed by atoms with van der Waals surface area (Å²) in [5.74, 6) is -0.306. The van der Waals surface area contributed by atoms with E-state index < -0.39 is 11.2 Å². The molecule has 1 amide bonds. The van der Waals surface area contributed by atoms with Crippen molar-refractivity contribution in [1.29, 1.82) is 0 Å². The van der Waals surface area contributed by atoms with E-state index in [1.165, 1.54) is 15.5 Å². The van der Waals surface area contributed by atoms with Gasteiger partial charge in [-0.25, -0.2) is 4.79 Å². The molecule has 0 fully saturated rings. The molecular weight excluding hydrogens is 284 g/mol. The number of anilines is 2. The highest BCUT2D eigenvalue weighted by atomic mass is 16.2. The fraction of sp³-hybridized carbons (Fsp3) is 0.533. The van der Waals surface area contributed by atoms with Gasteiger partial charge in [0.25, 0.3) is 11.5 Å². The molecule has 0 saturated heterocycles. The van der Waals surface area contributed by atoms with E-state index in [2.05, 4.69) is 4.98 Å². The van der Waals surface area contributed by atoms with Gasteiger partial charge < -0.3 is 10.6 Å². The number of amides is 1. The van der Waals surface area contributed by atoms with E-state index in [1.54, 1.807) is 20.8 Å². The van der Waals surface area contributed by atoms with E-state index in [9.17, 15) is 14.4 Å². The summed E-state index contributed by atoms with van der Waals surface area (Å²) in [4.78, 5) is 39.8. The number of likely N-dealkylation sites (N-methyl/N-ethyl adjacent to an activating group) is 1. The highest BCUT2D eigenvalue weighted by molar-refractivity contribution is 6.03. The third-order valence-electron chi connectivity index (χ3n) is 3.21. The van der Waals surface area contributed by atoms with E-state index in [1.807, 2.05) is 6.92 Å². The Morgan fingerprint density at radius 1 is 1.32 bits per heavy atom. The molecule has 0 aliphatic heterocycles. The zero-order valence-electron chi connectivity index (χ0n) is 13.6. The third-order valence-corrected chi connectivity index (χ3v) is 3.21. The van der Waals surface area contributed by atoms with Crippen molar-refractivity contribution in [2.24, 2.45) is 0 Å². The van der Waals surface area contributed by atoms with Crippen LogP contribution in [0, 0.1) is 0 Å². The molecule has 0 aliphatic carbocycles. The van der Waals surface area contributed by atoms with Gasteiger partial charge in [0, 0.05) is 19.2 Å². The lowest BCUT2D eigenvalue weighted by atomic mass is 10.2. The number of nitrogens with zero attached hydrogens (tertiary/aromatic N) is 2. The maximum Gasteiger partial charge on any atom is 0.330 e. The van der Waals surface area contributed by atoms with Crippen molar-refractivity contribution in [2.75, 3.05) is 17.2 Å². The monoisotopic (exact) mass is 308 g/mol. The molecule has 0 saturated carbocycles. The first-order valence-corrected chi connectivity index (χ1v) is 7.42. The van der Waals surface area contributed by atoms with E-state index in [0.29, 0.717) is 6.54 Å². The number of aromatic amines is 1. The number of nitrogens with one attached hydrogen (secondary N) is 1. The zero-order chi connectivity index (χ0) is 16.9. The van der Waals surface area contributed by atoms with Crippen LogP contribution in [0.2, 0.25) is 0 Å². The van der Waals surface area contributed by atoms with Crippen molar-refractivity contribution in [3.63, 3.8) is 0 Å². The van der Waals surface area contributed by atoms with E-state index in [0.717, 1.165) is 18.4 Å². The van der Waals surface area contributed by atoms with Crippen LogP contribution in [0.25, 0.3) is 0 Å². The molecule has 3 N–H and O–H groups in total. The minimum Gasteiger partial charge on any atom is -0.383 e. The highest BCUT2D eigenvalue weighted by Gasteiger charge is 2.21. The molecular formula is C15H24N4O3. The first-order chi connectivity index (χ1) is 10.3. The fourth-order valence-corrected chi connectivity index (χ4v) is 2.13. The molecule has 0 unspecified atom stereocenters. The first-order valence-electron chi connectivity index (χ1n) is 7.42. The number of H-pyrrole nitrogens is 1. The summed E-state index contributed by atoms with van der Waals surface area (Å²) in [7, 11) is 0. The number of nitrogens with two attached hydrogens (primary N) is 1. The molecule has 0 atom stereocenters. The first kappa shape index (κ1) is 17.7. The van der Waals surface area contributed by atoms with Gasteiger partial charge in [-0.2, -0.15) is 0 Å². The number of hydrogen-bond acceptors (Lipinski definition) is 4. The van der Waals surface area contributed by atoms with Gasteiger partial charge in [-0.05, 0) is 27.2 Å². The highest BCUT2D eigenvalue weighted by Crippen LogP contribution is 2.17. The molecule has 1 aromatic rings. The lowest BCUT2D eigenvalue weighted by Crippen LogP contribution is -2.40. The maximum atomic E-state index is 12.3. The van der Waals surface area contributed by atoms with Gasteiger partial charge in [0.15, 0.2) is 5.69 Å². The molecule has 1 aromatic heterocycles. The average molecular weight is 308 g/mol. The number of allylic oxidation sites excluding steroid dienone is 1. The van der Waals surface area contributed by atoms with Gasteiger partial charge in [-0.3, -0.25) is 19.1 Å². The van der Waals surface area contributed by atoms with Crippen LogP contribution in [-0.4, -0.2) is 22.0 Å². The van der Waals surface area contributed by atoms with Crippen LogP contribution in [0.4, 0.5) is 11.5 Å². The lowest BCUT2D eigenvalue weighted by molar-refractivity contribution is -0.114. The molecule has 1 heterocycles. The largest absolute Gasteiger partial charge is 0.383 e. The lowest BCUT2D eigenvalue weighted by Gasteiger charge is -2.22. The van der Waals surface area contributed by atoms with E-state index in [4.69, 9.17) is 5.73 Å². The quantitative estimate of drug-likeness (QED) is 0.772. The Morgan fingerprint density at radius 2 is 1.95 bits per heavy atom. The molecule has 0 spiro atoms. The van der Waals surface area contributed by atoms with Gasteiger partial charge in [-0.1, -0.05) is 18.9 Å². The van der Waals surface area contributed by atoms with Gasteiger partial charge in [0.05, 0.1) is 0 Å². The molecule has 0 aromatic carbocycles. The summed E-state index contributed by atoms with van der Waals surface area (Å²) in [6.07, 6.45) is 3.07. The number of nitrogen functional groups attached to an aromatic ring is 1. The number of carbonyl (C=O) groups is 1. The van der Waals surface area contributed by atoms with Crippen LogP contribution in [0.1, 0.15) is 40.5 Å². The van der Waals surface area contributed by atoms with Gasteiger partial charge in [0.2, 0.25) is 0 Å². The van der Waals surface area contributed by atoms with Crippen LogP contribution in [0.5, 0.6) is 0 Å². The van der Waals surface area contributed by atoms with Gasteiger partial charge in [-0.15, -0.1) is 0 Å². The second kappa shape index (κ2) is 7.63. The Hall–Kier alpha value is -2.31. The number of unbranched alkanes of at least 4 members (excludes halogenated alkanes) is 1. The zero-order valence-corrected chi connectivity index (χ0v) is 13.6.